The van der Waals surface area contributed by atoms with E-state index in [0.717, 1.165) is 5.70 Å². The normalized spacial score (nSPS) is 25.3. The molecular formula is C6H12N2O. The number of allylic oxidation sites excluding steroid dienone is 1. The van der Waals surface area contributed by atoms with Crippen LogP contribution in [0.2, 0.25) is 0 Å². The van der Waals surface area contributed by atoms with E-state index in [9.17, 15) is 0 Å². The van der Waals surface area contributed by atoms with Crippen molar-refractivity contribution in [2.45, 2.75) is 20.2 Å². The van der Waals surface area contributed by atoms with Crippen LogP contribution in [0, 0.1) is 5.92 Å². The molecule has 1 heterocycles. The highest BCUT2D eigenvalue weighted by Gasteiger charge is 2.12. The number of nitrogens with one attached hydrogen (secondary N) is 2. The fraction of sp³-hybridized carbons (Fsp3) is 0.667. The average molecular weight is 128 g/mol. The Morgan fingerprint density at radius 3 is 2.56 bits per heavy atom. The van der Waals surface area contributed by atoms with Gasteiger partial charge in [0, 0.05) is 11.9 Å². The van der Waals surface area contributed by atoms with Gasteiger partial charge in [-0.25, -0.2) is 0 Å². The molecule has 0 amide bonds. The van der Waals surface area contributed by atoms with Crippen LogP contribution in [0.3, 0.4) is 0 Å². The van der Waals surface area contributed by atoms with E-state index in [1.54, 1.807) is 6.20 Å². The highest BCUT2D eigenvalue weighted by atomic mass is 16.3. The number of rotatable bonds is 1. The molecule has 1 unspecified atom stereocenters. The van der Waals surface area contributed by atoms with Crippen LogP contribution < -0.4 is 10.6 Å². The molecule has 0 fully saturated rings. The summed E-state index contributed by atoms with van der Waals surface area (Å²) < 4.78 is 0. The fourth-order valence-electron chi connectivity index (χ4n) is 0.743. The first kappa shape index (κ1) is 6.42. The van der Waals surface area contributed by atoms with E-state index >= 15 is 0 Å². The van der Waals surface area contributed by atoms with Crippen LogP contribution in [-0.4, -0.2) is 11.5 Å². The summed E-state index contributed by atoms with van der Waals surface area (Å²) in [5.74, 6) is 0.453. The third-order valence-corrected chi connectivity index (χ3v) is 1.32. The maximum Gasteiger partial charge on any atom is 0.202 e. The van der Waals surface area contributed by atoms with E-state index in [0.29, 0.717) is 5.92 Å². The van der Waals surface area contributed by atoms with Gasteiger partial charge in [-0.05, 0) is 5.92 Å². The summed E-state index contributed by atoms with van der Waals surface area (Å²) in [5, 5.41) is 14.5. The molecule has 0 spiro atoms. The molecule has 3 N–H and O–H groups in total. The summed E-state index contributed by atoms with van der Waals surface area (Å²) in [6, 6.07) is 0. The van der Waals surface area contributed by atoms with Crippen LogP contribution in [0.15, 0.2) is 11.9 Å². The summed E-state index contributed by atoms with van der Waals surface area (Å²) in [6.45, 7) is 4.14. The molecular weight excluding hydrogens is 116 g/mol. The van der Waals surface area contributed by atoms with Crippen molar-refractivity contribution < 1.29 is 5.11 Å². The lowest BCUT2D eigenvalue weighted by molar-refractivity contribution is 0.139. The summed E-state index contributed by atoms with van der Waals surface area (Å²) in [6.07, 6.45) is 1.22. The Morgan fingerprint density at radius 1 is 1.67 bits per heavy atom. The summed E-state index contributed by atoms with van der Waals surface area (Å²) in [7, 11) is 0. The van der Waals surface area contributed by atoms with Crippen LogP contribution in [0.25, 0.3) is 0 Å². The van der Waals surface area contributed by atoms with Crippen molar-refractivity contribution >= 4 is 0 Å². The Hall–Kier alpha value is -0.700. The molecule has 0 aliphatic carbocycles. The van der Waals surface area contributed by atoms with Gasteiger partial charge in [0.25, 0.3) is 0 Å². The minimum absolute atomic E-state index is 0.453. The van der Waals surface area contributed by atoms with Gasteiger partial charge in [-0.2, -0.15) is 0 Å². The van der Waals surface area contributed by atoms with E-state index in [-0.39, 0.29) is 0 Å². The second kappa shape index (κ2) is 2.27. The van der Waals surface area contributed by atoms with Crippen molar-refractivity contribution in [3.63, 3.8) is 0 Å². The zero-order chi connectivity index (χ0) is 6.85. The number of aliphatic hydroxyl groups is 1. The number of hydrogen-bond acceptors (Lipinski definition) is 3. The van der Waals surface area contributed by atoms with E-state index in [4.69, 9.17) is 5.11 Å². The van der Waals surface area contributed by atoms with E-state index in [1.807, 2.05) is 0 Å². The standard InChI is InChI=1S/C6H12N2O/c1-4(2)5-3-7-6(9)8-5/h3-4,6-9H,1-2H3. The van der Waals surface area contributed by atoms with Crippen molar-refractivity contribution in [3.8, 4) is 0 Å². The van der Waals surface area contributed by atoms with E-state index < -0.39 is 6.35 Å². The molecule has 0 aromatic heterocycles. The molecule has 0 saturated heterocycles. The maximum absolute atomic E-state index is 8.87. The van der Waals surface area contributed by atoms with Gasteiger partial charge in [-0.1, -0.05) is 13.8 Å². The van der Waals surface area contributed by atoms with Crippen LogP contribution in [0.4, 0.5) is 0 Å². The highest BCUT2D eigenvalue weighted by molar-refractivity contribution is 5.06. The molecule has 0 saturated carbocycles. The van der Waals surface area contributed by atoms with Crippen molar-refractivity contribution in [3.05, 3.63) is 11.9 Å². The van der Waals surface area contributed by atoms with Gasteiger partial charge in [0.15, 0.2) is 0 Å². The first-order chi connectivity index (χ1) is 4.20. The van der Waals surface area contributed by atoms with E-state index in [2.05, 4.69) is 24.5 Å². The molecule has 1 aliphatic heterocycles. The molecule has 9 heavy (non-hydrogen) atoms. The second-order valence-corrected chi connectivity index (χ2v) is 2.47. The Bertz CT molecular complexity index is 131. The van der Waals surface area contributed by atoms with Gasteiger partial charge in [0.1, 0.15) is 0 Å². The summed E-state index contributed by atoms with van der Waals surface area (Å²) in [5.41, 5.74) is 1.06. The van der Waals surface area contributed by atoms with Crippen molar-refractivity contribution in [2.24, 2.45) is 5.92 Å². The Kier molecular flexibility index (Phi) is 1.62. The number of aliphatic hydroxyl groups excluding tert-OH is 1. The molecule has 1 aliphatic rings. The maximum atomic E-state index is 8.87. The topological polar surface area (TPSA) is 44.3 Å². The predicted molar refractivity (Wildman–Crippen MR) is 35.2 cm³/mol. The van der Waals surface area contributed by atoms with Gasteiger partial charge in [0.05, 0.1) is 0 Å². The van der Waals surface area contributed by atoms with Crippen LogP contribution in [0.5, 0.6) is 0 Å². The largest absolute Gasteiger partial charge is 0.357 e. The SMILES string of the molecule is CC(C)C1=CNC(O)N1. The molecule has 0 aromatic rings. The summed E-state index contributed by atoms with van der Waals surface area (Å²) >= 11 is 0. The lowest BCUT2D eigenvalue weighted by atomic mass is 10.2. The zero-order valence-electron chi connectivity index (χ0n) is 5.68. The lowest BCUT2D eigenvalue weighted by Gasteiger charge is -2.08. The molecule has 0 aromatic carbocycles. The van der Waals surface area contributed by atoms with Gasteiger partial charge >= 0.3 is 0 Å². The molecule has 0 bridgehead atoms. The molecule has 52 valence electrons. The molecule has 3 nitrogen and oxygen atoms in total. The Balaban J connectivity index is 2.45. The monoisotopic (exact) mass is 128 g/mol. The Labute approximate surface area is 54.8 Å². The highest BCUT2D eigenvalue weighted by Crippen LogP contribution is 2.07. The fourth-order valence-corrected chi connectivity index (χ4v) is 0.743. The van der Waals surface area contributed by atoms with Gasteiger partial charge in [0.2, 0.25) is 6.35 Å². The first-order valence-electron chi connectivity index (χ1n) is 3.11. The lowest BCUT2D eigenvalue weighted by Crippen LogP contribution is -2.31. The minimum atomic E-state index is -0.581. The first-order valence-corrected chi connectivity index (χ1v) is 3.11. The third kappa shape index (κ3) is 1.36. The zero-order valence-corrected chi connectivity index (χ0v) is 5.68. The van der Waals surface area contributed by atoms with Crippen molar-refractivity contribution in [1.82, 2.24) is 10.6 Å². The average Bonchev–Trinajstić information content (AvgIpc) is 2.14. The molecule has 0 radical (unpaired) electrons. The third-order valence-electron chi connectivity index (χ3n) is 1.32. The van der Waals surface area contributed by atoms with Crippen LogP contribution in [-0.2, 0) is 0 Å². The number of hydrogen-bond donors (Lipinski definition) is 3. The molecule has 1 rings (SSSR count). The van der Waals surface area contributed by atoms with Gasteiger partial charge in [-0.15, -0.1) is 0 Å². The van der Waals surface area contributed by atoms with Crippen molar-refractivity contribution in [1.29, 1.82) is 0 Å². The molecule has 1 atom stereocenters. The second-order valence-electron chi connectivity index (χ2n) is 2.47. The predicted octanol–water partition coefficient (Wildman–Crippen LogP) is -0.0475. The smallest absolute Gasteiger partial charge is 0.202 e. The van der Waals surface area contributed by atoms with Gasteiger partial charge in [-0.3, -0.25) is 0 Å². The van der Waals surface area contributed by atoms with Crippen LogP contribution in [0.1, 0.15) is 13.8 Å². The quantitative estimate of drug-likeness (QED) is 0.464. The van der Waals surface area contributed by atoms with Crippen molar-refractivity contribution in [2.75, 3.05) is 0 Å². The molecule has 3 heteroatoms. The summed E-state index contributed by atoms with van der Waals surface area (Å²) in [4.78, 5) is 0. The van der Waals surface area contributed by atoms with Gasteiger partial charge < -0.3 is 15.7 Å². The Morgan fingerprint density at radius 2 is 2.33 bits per heavy atom. The minimum Gasteiger partial charge on any atom is -0.357 e. The van der Waals surface area contributed by atoms with E-state index in [1.165, 1.54) is 0 Å². The van der Waals surface area contributed by atoms with Crippen LogP contribution >= 0.6 is 0 Å².